The van der Waals surface area contributed by atoms with Crippen LogP contribution in [0.15, 0.2) is 0 Å². The second-order valence-corrected chi connectivity index (χ2v) is 6.12. The van der Waals surface area contributed by atoms with Gasteiger partial charge < -0.3 is 9.84 Å². The van der Waals surface area contributed by atoms with Crippen LogP contribution in [0.25, 0.3) is 0 Å². The first-order valence-electron chi connectivity index (χ1n) is 4.89. The molecule has 0 amide bonds. The molecule has 14 heavy (non-hydrogen) atoms. The van der Waals surface area contributed by atoms with Gasteiger partial charge in [0.2, 0.25) is 0 Å². The molecular weight excluding hydrogens is 204 g/mol. The van der Waals surface area contributed by atoms with E-state index in [-0.39, 0.29) is 29.9 Å². The van der Waals surface area contributed by atoms with Gasteiger partial charge in [0.05, 0.1) is 11.5 Å². The smallest absolute Gasteiger partial charge is 0.150 e. The third kappa shape index (κ3) is 3.22. The summed E-state index contributed by atoms with van der Waals surface area (Å²) in [5.74, 6) is 0.718. The highest BCUT2D eigenvalue weighted by molar-refractivity contribution is 7.91. The van der Waals surface area contributed by atoms with E-state index in [9.17, 15) is 8.42 Å². The molecule has 4 nitrogen and oxygen atoms in total. The Morgan fingerprint density at radius 2 is 2.29 bits per heavy atom. The van der Waals surface area contributed by atoms with Crippen molar-refractivity contribution >= 4 is 9.84 Å². The lowest BCUT2D eigenvalue weighted by Crippen LogP contribution is -2.21. The molecule has 0 aliphatic carbocycles. The molecule has 0 saturated carbocycles. The summed E-state index contributed by atoms with van der Waals surface area (Å²) in [4.78, 5) is 0. The normalized spacial score (nSPS) is 27.7. The molecule has 1 fully saturated rings. The van der Waals surface area contributed by atoms with Crippen molar-refractivity contribution in [1.29, 1.82) is 0 Å². The van der Waals surface area contributed by atoms with Gasteiger partial charge in [-0.05, 0) is 24.7 Å². The number of hydrogen-bond acceptors (Lipinski definition) is 4. The van der Waals surface area contributed by atoms with Gasteiger partial charge >= 0.3 is 0 Å². The molecule has 0 aromatic heterocycles. The van der Waals surface area contributed by atoms with Gasteiger partial charge in [0, 0.05) is 20.3 Å². The van der Waals surface area contributed by atoms with E-state index in [1.54, 1.807) is 7.11 Å². The van der Waals surface area contributed by atoms with Crippen LogP contribution in [-0.4, -0.2) is 45.4 Å². The molecule has 2 unspecified atom stereocenters. The van der Waals surface area contributed by atoms with Gasteiger partial charge in [-0.15, -0.1) is 0 Å². The number of hydrogen-bond donors (Lipinski definition) is 1. The van der Waals surface area contributed by atoms with Crippen molar-refractivity contribution in [2.24, 2.45) is 11.8 Å². The minimum absolute atomic E-state index is 0.0591. The Kier molecular flexibility index (Phi) is 4.34. The number of ether oxygens (including phenoxy) is 1. The van der Waals surface area contributed by atoms with Crippen LogP contribution >= 0.6 is 0 Å². The lowest BCUT2D eigenvalue weighted by atomic mass is 9.90. The molecule has 1 saturated heterocycles. The third-order valence-corrected chi connectivity index (χ3v) is 4.66. The molecule has 0 aromatic rings. The Morgan fingerprint density at radius 3 is 2.71 bits per heavy atom. The second kappa shape index (κ2) is 5.09. The molecule has 0 aromatic carbocycles. The zero-order valence-electron chi connectivity index (χ0n) is 8.48. The van der Waals surface area contributed by atoms with Crippen LogP contribution in [0, 0.1) is 11.8 Å². The Hall–Kier alpha value is -0.130. The van der Waals surface area contributed by atoms with E-state index in [0.29, 0.717) is 13.0 Å². The first-order chi connectivity index (χ1) is 6.59. The molecule has 1 aliphatic heterocycles. The minimum Gasteiger partial charge on any atom is -0.396 e. The zero-order valence-corrected chi connectivity index (χ0v) is 9.29. The van der Waals surface area contributed by atoms with Crippen LogP contribution < -0.4 is 0 Å². The number of rotatable bonds is 5. The summed E-state index contributed by atoms with van der Waals surface area (Å²) in [5.41, 5.74) is 0. The fourth-order valence-corrected chi connectivity index (χ4v) is 3.86. The molecule has 1 N–H and O–H groups in total. The van der Waals surface area contributed by atoms with Crippen LogP contribution in [0.5, 0.6) is 0 Å². The molecule has 0 bridgehead atoms. The van der Waals surface area contributed by atoms with E-state index in [1.165, 1.54) is 0 Å². The molecule has 1 rings (SSSR count). The topological polar surface area (TPSA) is 63.6 Å². The number of aliphatic hydroxyl groups is 1. The van der Waals surface area contributed by atoms with Crippen molar-refractivity contribution in [3.63, 3.8) is 0 Å². The van der Waals surface area contributed by atoms with Gasteiger partial charge in [-0.1, -0.05) is 0 Å². The fraction of sp³-hybridized carbons (Fsp3) is 1.00. The summed E-state index contributed by atoms with van der Waals surface area (Å²) in [5, 5.41) is 9.13. The highest BCUT2D eigenvalue weighted by Gasteiger charge is 2.32. The van der Waals surface area contributed by atoms with Crippen molar-refractivity contribution in [2.45, 2.75) is 12.8 Å². The van der Waals surface area contributed by atoms with Crippen LogP contribution in [-0.2, 0) is 14.6 Å². The Morgan fingerprint density at radius 1 is 1.57 bits per heavy atom. The molecule has 1 heterocycles. The van der Waals surface area contributed by atoms with Crippen LogP contribution in [0.2, 0.25) is 0 Å². The van der Waals surface area contributed by atoms with Crippen LogP contribution in [0.4, 0.5) is 0 Å². The van der Waals surface area contributed by atoms with E-state index in [2.05, 4.69) is 0 Å². The van der Waals surface area contributed by atoms with Crippen molar-refractivity contribution in [1.82, 2.24) is 0 Å². The number of sulfone groups is 1. The largest absolute Gasteiger partial charge is 0.396 e. The summed E-state index contributed by atoms with van der Waals surface area (Å²) in [6.07, 6.45) is 1.43. The summed E-state index contributed by atoms with van der Waals surface area (Å²) in [6, 6.07) is 0. The van der Waals surface area contributed by atoms with Crippen molar-refractivity contribution in [3.8, 4) is 0 Å². The monoisotopic (exact) mass is 222 g/mol. The molecule has 2 atom stereocenters. The lowest BCUT2D eigenvalue weighted by molar-refractivity contribution is 0.123. The fourth-order valence-electron chi connectivity index (χ4n) is 1.94. The third-order valence-electron chi connectivity index (χ3n) is 2.86. The maximum atomic E-state index is 11.2. The average Bonchev–Trinajstić information content (AvgIpc) is 2.48. The highest BCUT2D eigenvalue weighted by atomic mass is 32.2. The Labute approximate surface area is 85.2 Å². The van der Waals surface area contributed by atoms with Gasteiger partial charge in [-0.25, -0.2) is 8.42 Å². The summed E-state index contributed by atoms with van der Waals surface area (Å²) in [6.45, 7) is 0.644. The second-order valence-electron chi connectivity index (χ2n) is 3.89. The molecule has 1 aliphatic rings. The van der Waals surface area contributed by atoms with Gasteiger partial charge in [0.1, 0.15) is 0 Å². The SMILES string of the molecule is COCCC(CO)C1CCS(=O)(=O)C1. The number of methoxy groups -OCH3 is 1. The van der Waals surface area contributed by atoms with Crippen molar-refractivity contribution < 1.29 is 18.3 Å². The maximum absolute atomic E-state index is 11.2. The molecule has 84 valence electrons. The quantitative estimate of drug-likeness (QED) is 0.715. The van der Waals surface area contributed by atoms with Gasteiger partial charge in [-0.3, -0.25) is 0 Å². The molecule has 0 radical (unpaired) electrons. The minimum atomic E-state index is -2.83. The van der Waals surface area contributed by atoms with Crippen LogP contribution in [0.3, 0.4) is 0 Å². The summed E-state index contributed by atoms with van der Waals surface area (Å²) < 4.78 is 27.4. The highest BCUT2D eigenvalue weighted by Crippen LogP contribution is 2.27. The van der Waals surface area contributed by atoms with Gasteiger partial charge in [0.25, 0.3) is 0 Å². The van der Waals surface area contributed by atoms with E-state index >= 15 is 0 Å². The van der Waals surface area contributed by atoms with Gasteiger partial charge in [-0.2, -0.15) is 0 Å². The standard InChI is InChI=1S/C9H18O4S/c1-13-4-2-8(6-10)9-3-5-14(11,12)7-9/h8-10H,2-7H2,1H3. The maximum Gasteiger partial charge on any atom is 0.150 e. The van der Waals surface area contributed by atoms with E-state index in [1.807, 2.05) is 0 Å². The predicted octanol–water partition coefficient (Wildman–Crippen LogP) is 0.0661. The van der Waals surface area contributed by atoms with E-state index < -0.39 is 9.84 Å². The van der Waals surface area contributed by atoms with Crippen molar-refractivity contribution in [3.05, 3.63) is 0 Å². The lowest BCUT2D eigenvalue weighted by Gasteiger charge is -2.19. The zero-order chi connectivity index (χ0) is 10.6. The number of aliphatic hydroxyl groups excluding tert-OH is 1. The first-order valence-corrected chi connectivity index (χ1v) is 6.71. The van der Waals surface area contributed by atoms with Crippen molar-refractivity contribution in [2.75, 3.05) is 31.8 Å². The predicted molar refractivity (Wildman–Crippen MR) is 53.8 cm³/mol. The Balaban J connectivity index is 2.46. The summed E-state index contributed by atoms with van der Waals surface area (Å²) in [7, 11) is -1.22. The average molecular weight is 222 g/mol. The molecule has 0 spiro atoms. The van der Waals surface area contributed by atoms with Crippen LogP contribution in [0.1, 0.15) is 12.8 Å². The summed E-state index contributed by atoms with van der Waals surface area (Å²) >= 11 is 0. The van der Waals surface area contributed by atoms with E-state index in [0.717, 1.165) is 6.42 Å². The van der Waals surface area contributed by atoms with Gasteiger partial charge in [0.15, 0.2) is 9.84 Å². The van der Waals surface area contributed by atoms with E-state index in [4.69, 9.17) is 9.84 Å². The first kappa shape index (κ1) is 11.9. The Bertz CT molecular complexity index is 260. The molecular formula is C9H18O4S. The molecule has 5 heteroatoms.